The summed E-state index contributed by atoms with van der Waals surface area (Å²) in [7, 11) is 0. The number of hydrogen-bond acceptors (Lipinski definition) is 4. The topological polar surface area (TPSA) is 70.1 Å². The van der Waals surface area contributed by atoms with Gasteiger partial charge < -0.3 is 19.6 Å². The van der Waals surface area contributed by atoms with Gasteiger partial charge in [-0.15, -0.1) is 0 Å². The van der Waals surface area contributed by atoms with E-state index in [1.807, 2.05) is 0 Å². The van der Waals surface area contributed by atoms with Crippen LogP contribution in [-0.4, -0.2) is 71.8 Å². The zero-order chi connectivity index (χ0) is 28.7. The van der Waals surface area contributed by atoms with Crippen LogP contribution >= 0.6 is 11.6 Å². The minimum atomic E-state index is -4.63. The first kappa shape index (κ1) is 30.2. The molecule has 40 heavy (non-hydrogen) atoms. The molecule has 2 amide bonds. The average molecular weight is 581 g/mol. The number of aliphatic hydroxyl groups is 1. The Balaban J connectivity index is 1.18. The molecule has 4 rings (SSSR count). The quantitative estimate of drug-likeness (QED) is 0.346. The molecule has 2 saturated heterocycles. The molecule has 10 heteroatoms. The molecule has 0 aromatic heterocycles. The van der Waals surface area contributed by atoms with Crippen LogP contribution in [0, 0.1) is 5.92 Å². The summed E-state index contributed by atoms with van der Waals surface area (Å²) in [5, 5.41) is 9.80. The molecule has 1 N–H and O–H groups in total. The standard InChI is InChI=1S/C30H36ClF3N2O4/c31-26-19-24(11-12-25(26)28(38)36-15-6-10-23(36)20-37)40-18-5-4-7-21-13-16-35(17-14-21)29(39)27(30(32,33)34)22-8-2-1-3-9-22/h1-3,8-9,11-12,19,21,23,27,37H,4-7,10,13-18,20H2/t23-,27+/m1/s1. The third-order valence-corrected chi connectivity index (χ3v) is 8.24. The fourth-order valence-electron chi connectivity index (χ4n) is 5.67. The first-order valence-corrected chi connectivity index (χ1v) is 14.3. The molecule has 2 aromatic rings. The summed E-state index contributed by atoms with van der Waals surface area (Å²) >= 11 is 6.37. The zero-order valence-corrected chi connectivity index (χ0v) is 23.2. The Hall–Kier alpha value is -2.78. The molecule has 2 fully saturated rings. The lowest BCUT2D eigenvalue weighted by Crippen LogP contribution is -2.44. The Morgan fingerprint density at radius 3 is 2.40 bits per heavy atom. The van der Waals surface area contributed by atoms with Crippen LogP contribution in [0.4, 0.5) is 13.2 Å². The lowest BCUT2D eigenvalue weighted by molar-refractivity contribution is -0.172. The number of piperidine rings is 1. The van der Waals surface area contributed by atoms with E-state index in [1.165, 1.54) is 29.2 Å². The van der Waals surface area contributed by atoms with Crippen LogP contribution in [0.15, 0.2) is 48.5 Å². The number of alkyl halides is 3. The highest BCUT2D eigenvalue weighted by Crippen LogP contribution is 2.37. The van der Waals surface area contributed by atoms with Gasteiger partial charge in [0.15, 0.2) is 5.92 Å². The second-order valence-corrected chi connectivity index (χ2v) is 11.0. The number of hydrogen-bond donors (Lipinski definition) is 1. The number of carbonyl (C=O) groups excluding carboxylic acids is 2. The second-order valence-electron chi connectivity index (χ2n) is 10.6. The Labute approximate surface area is 238 Å². The van der Waals surface area contributed by atoms with Gasteiger partial charge in [-0.2, -0.15) is 13.2 Å². The van der Waals surface area contributed by atoms with Gasteiger partial charge in [-0.05, 0) is 68.2 Å². The lowest BCUT2D eigenvalue weighted by Gasteiger charge is -2.35. The highest BCUT2D eigenvalue weighted by molar-refractivity contribution is 6.34. The molecule has 2 aliphatic rings. The first-order valence-electron chi connectivity index (χ1n) is 13.9. The molecular formula is C30H36ClF3N2O4. The van der Waals surface area contributed by atoms with Gasteiger partial charge in [0.1, 0.15) is 5.75 Å². The van der Waals surface area contributed by atoms with Gasteiger partial charge in [-0.3, -0.25) is 9.59 Å². The number of carbonyl (C=O) groups is 2. The van der Waals surface area contributed by atoms with Crippen LogP contribution in [0.3, 0.4) is 0 Å². The van der Waals surface area contributed by atoms with Gasteiger partial charge >= 0.3 is 6.18 Å². The van der Waals surface area contributed by atoms with Crippen LogP contribution in [0.2, 0.25) is 5.02 Å². The number of aliphatic hydroxyl groups excluding tert-OH is 1. The molecule has 0 radical (unpaired) electrons. The van der Waals surface area contributed by atoms with Crippen molar-refractivity contribution in [3.63, 3.8) is 0 Å². The van der Waals surface area contributed by atoms with E-state index in [1.54, 1.807) is 29.2 Å². The van der Waals surface area contributed by atoms with E-state index < -0.39 is 18.0 Å². The smallest absolute Gasteiger partial charge is 0.404 e. The summed E-state index contributed by atoms with van der Waals surface area (Å²) in [6, 6.07) is 12.2. The van der Waals surface area contributed by atoms with Gasteiger partial charge in [0.05, 0.1) is 29.8 Å². The van der Waals surface area contributed by atoms with Crippen LogP contribution in [-0.2, 0) is 4.79 Å². The summed E-state index contributed by atoms with van der Waals surface area (Å²) in [6.07, 6.45) is 1.000. The van der Waals surface area contributed by atoms with Gasteiger partial charge in [0, 0.05) is 19.6 Å². The molecule has 0 aliphatic carbocycles. The third-order valence-electron chi connectivity index (χ3n) is 7.93. The largest absolute Gasteiger partial charge is 0.494 e. The van der Waals surface area contributed by atoms with Crippen molar-refractivity contribution in [3.05, 3.63) is 64.7 Å². The van der Waals surface area contributed by atoms with E-state index in [4.69, 9.17) is 16.3 Å². The maximum Gasteiger partial charge on any atom is 0.404 e. The molecule has 2 aliphatic heterocycles. The molecule has 6 nitrogen and oxygen atoms in total. The van der Waals surface area contributed by atoms with Crippen molar-refractivity contribution in [2.75, 3.05) is 32.8 Å². The number of benzene rings is 2. The fraction of sp³-hybridized carbons (Fsp3) is 0.533. The lowest BCUT2D eigenvalue weighted by atomic mass is 9.90. The maximum atomic E-state index is 13.7. The first-order chi connectivity index (χ1) is 19.2. The number of halogens is 4. The number of rotatable bonds is 10. The number of ether oxygens (including phenoxy) is 1. The van der Waals surface area contributed by atoms with Crippen molar-refractivity contribution in [3.8, 4) is 5.75 Å². The van der Waals surface area contributed by atoms with Crippen molar-refractivity contribution in [2.24, 2.45) is 5.92 Å². The molecule has 218 valence electrons. The minimum absolute atomic E-state index is 0.0217. The SMILES string of the molecule is O=C([C@H](c1ccccc1)C(F)(F)F)N1CCC(CCCCOc2ccc(C(=O)N3CCC[C@@H]3CO)c(Cl)c2)CC1. The monoisotopic (exact) mass is 580 g/mol. The molecule has 0 bridgehead atoms. The normalized spacial score (nSPS) is 19.1. The summed E-state index contributed by atoms with van der Waals surface area (Å²) in [6.45, 7) is 1.69. The van der Waals surface area contributed by atoms with E-state index in [2.05, 4.69) is 0 Å². The Morgan fingerprint density at radius 1 is 1.02 bits per heavy atom. The predicted octanol–water partition coefficient (Wildman–Crippen LogP) is 6.07. The predicted molar refractivity (Wildman–Crippen MR) is 146 cm³/mol. The van der Waals surface area contributed by atoms with Gasteiger partial charge in [0.2, 0.25) is 5.91 Å². The number of nitrogens with zero attached hydrogens (tertiary/aromatic N) is 2. The van der Waals surface area contributed by atoms with Crippen molar-refractivity contribution < 1.29 is 32.6 Å². The maximum absolute atomic E-state index is 13.7. The minimum Gasteiger partial charge on any atom is -0.494 e. The van der Waals surface area contributed by atoms with Crippen LogP contribution in [0.1, 0.15) is 66.8 Å². The van der Waals surface area contributed by atoms with Crippen LogP contribution < -0.4 is 4.74 Å². The number of unbranched alkanes of at least 4 members (excludes halogenated alkanes) is 1. The second kappa shape index (κ2) is 13.7. The summed E-state index contributed by atoms with van der Waals surface area (Å²) < 4.78 is 47.0. The molecule has 2 atom stereocenters. The summed E-state index contributed by atoms with van der Waals surface area (Å²) in [4.78, 5) is 28.7. The van der Waals surface area contributed by atoms with Gasteiger partial charge in [-0.25, -0.2) is 0 Å². The zero-order valence-electron chi connectivity index (χ0n) is 22.4. The molecule has 2 aromatic carbocycles. The molecule has 2 heterocycles. The van der Waals surface area contributed by atoms with Crippen molar-refractivity contribution in [2.45, 2.75) is 63.1 Å². The highest BCUT2D eigenvalue weighted by atomic mass is 35.5. The van der Waals surface area contributed by atoms with Crippen molar-refractivity contribution >= 4 is 23.4 Å². The van der Waals surface area contributed by atoms with E-state index in [9.17, 15) is 27.9 Å². The van der Waals surface area contributed by atoms with Gasteiger partial charge in [-0.1, -0.05) is 48.4 Å². The third kappa shape index (κ3) is 7.49. The van der Waals surface area contributed by atoms with Crippen LogP contribution in [0.25, 0.3) is 0 Å². The van der Waals surface area contributed by atoms with E-state index in [0.717, 1.165) is 32.1 Å². The average Bonchev–Trinajstić information content (AvgIpc) is 3.42. The Bertz CT molecular complexity index is 1140. The van der Waals surface area contributed by atoms with Gasteiger partial charge in [0.25, 0.3) is 5.91 Å². The van der Waals surface area contributed by atoms with Crippen molar-refractivity contribution in [1.82, 2.24) is 9.80 Å². The number of amides is 2. The Kier molecular flexibility index (Phi) is 10.4. The van der Waals surface area contributed by atoms with Crippen molar-refractivity contribution in [1.29, 1.82) is 0 Å². The van der Waals surface area contributed by atoms with Crippen LogP contribution in [0.5, 0.6) is 5.75 Å². The van der Waals surface area contributed by atoms with E-state index in [0.29, 0.717) is 61.3 Å². The molecule has 0 spiro atoms. The Morgan fingerprint density at radius 2 is 1.75 bits per heavy atom. The van der Waals surface area contributed by atoms with E-state index in [-0.39, 0.29) is 24.1 Å². The highest BCUT2D eigenvalue weighted by Gasteiger charge is 2.47. The fourth-order valence-corrected chi connectivity index (χ4v) is 5.92. The molecule has 0 unspecified atom stereocenters. The number of likely N-dealkylation sites (tertiary alicyclic amines) is 2. The molecular weight excluding hydrogens is 545 g/mol. The van der Waals surface area contributed by atoms with E-state index >= 15 is 0 Å². The summed E-state index contributed by atoms with van der Waals surface area (Å²) in [5.74, 6) is -2.24. The molecule has 0 saturated carbocycles. The summed E-state index contributed by atoms with van der Waals surface area (Å²) in [5.41, 5.74) is 0.371.